The van der Waals surface area contributed by atoms with Crippen molar-refractivity contribution in [1.82, 2.24) is 5.32 Å². The van der Waals surface area contributed by atoms with Gasteiger partial charge in [-0.3, -0.25) is 9.59 Å². The van der Waals surface area contributed by atoms with Crippen molar-refractivity contribution in [3.8, 4) is 0 Å². The van der Waals surface area contributed by atoms with E-state index in [2.05, 4.69) is 5.32 Å². The lowest BCUT2D eigenvalue weighted by Gasteiger charge is -2.04. The van der Waals surface area contributed by atoms with E-state index in [-0.39, 0.29) is 42.6 Å². The highest BCUT2D eigenvalue weighted by Crippen LogP contribution is 2.48. The molecule has 1 amide bonds. The first-order valence-corrected chi connectivity index (χ1v) is 6.24. The van der Waals surface area contributed by atoms with E-state index < -0.39 is 0 Å². The first-order chi connectivity index (χ1) is 9.11. The van der Waals surface area contributed by atoms with Crippen LogP contribution in [0.3, 0.4) is 0 Å². The average molecular weight is 265 g/mol. The van der Waals surface area contributed by atoms with Crippen molar-refractivity contribution in [2.45, 2.75) is 18.8 Å². The molecule has 1 fully saturated rings. The molecule has 2 rings (SSSR count). The van der Waals surface area contributed by atoms with Crippen LogP contribution >= 0.6 is 0 Å². The van der Waals surface area contributed by atoms with E-state index in [1.165, 1.54) is 19.2 Å². The molecule has 0 aromatic heterocycles. The van der Waals surface area contributed by atoms with Gasteiger partial charge < -0.3 is 10.1 Å². The zero-order valence-corrected chi connectivity index (χ0v) is 10.7. The molecule has 5 heteroatoms. The Balaban J connectivity index is 1.77. The summed E-state index contributed by atoms with van der Waals surface area (Å²) in [5, 5.41) is 2.46. The zero-order valence-electron chi connectivity index (χ0n) is 10.7. The van der Waals surface area contributed by atoms with E-state index in [0.717, 1.165) is 12.0 Å². The van der Waals surface area contributed by atoms with Crippen molar-refractivity contribution in [3.05, 3.63) is 35.6 Å². The Labute approximate surface area is 110 Å². The topological polar surface area (TPSA) is 55.4 Å². The standard InChI is InChI=1S/C14H16FNO3/c1-16-13(17)6-7-19-14(18)12-8-11(12)9-2-4-10(15)5-3-9/h2-5,11-12H,6-8H2,1H3,(H,16,17). The number of nitrogens with one attached hydrogen (secondary N) is 1. The van der Waals surface area contributed by atoms with Gasteiger partial charge >= 0.3 is 5.97 Å². The molecule has 0 bridgehead atoms. The van der Waals surface area contributed by atoms with E-state index in [4.69, 9.17) is 4.74 Å². The second kappa shape index (κ2) is 5.82. The highest BCUT2D eigenvalue weighted by molar-refractivity contribution is 5.78. The van der Waals surface area contributed by atoms with Crippen LogP contribution in [0.2, 0.25) is 0 Å². The van der Waals surface area contributed by atoms with E-state index in [9.17, 15) is 14.0 Å². The molecular formula is C14H16FNO3. The molecule has 1 N–H and O–H groups in total. The normalized spacial score (nSPS) is 20.7. The van der Waals surface area contributed by atoms with Gasteiger partial charge in [0.2, 0.25) is 5.91 Å². The Kier molecular flexibility index (Phi) is 4.14. The molecule has 2 atom stereocenters. The summed E-state index contributed by atoms with van der Waals surface area (Å²) in [6.45, 7) is 0.102. The molecule has 0 heterocycles. The summed E-state index contributed by atoms with van der Waals surface area (Å²) >= 11 is 0. The van der Waals surface area contributed by atoms with E-state index in [0.29, 0.717) is 0 Å². The van der Waals surface area contributed by atoms with Crippen LogP contribution in [0.5, 0.6) is 0 Å². The number of halogens is 1. The smallest absolute Gasteiger partial charge is 0.309 e. The van der Waals surface area contributed by atoms with Crippen LogP contribution < -0.4 is 5.32 Å². The third-order valence-corrected chi connectivity index (χ3v) is 3.24. The third-order valence-electron chi connectivity index (χ3n) is 3.24. The fourth-order valence-corrected chi connectivity index (χ4v) is 2.01. The molecule has 1 aromatic carbocycles. The van der Waals surface area contributed by atoms with Crippen LogP contribution in [0.25, 0.3) is 0 Å². The highest BCUT2D eigenvalue weighted by Gasteiger charge is 2.45. The van der Waals surface area contributed by atoms with Crippen LogP contribution in [0.4, 0.5) is 4.39 Å². The van der Waals surface area contributed by atoms with Gasteiger partial charge in [0.1, 0.15) is 12.4 Å². The van der Waals surface area contributed by atoms with Crippen molar-refractivity contribution in [2.24, 2.45) is 5.92 Å². The molecule has 0 aliphatic heterocycles. The predicted octanol–water partition coefficient (Wildman–Crippen LogP) is 1.61. The van der Waals surface area contributed by atoms with E-state index in [1.807, 2.05) is 0 Å². The maximum Gasteiger partial charge on any atom is 0.309 e. The molecular weight excluding hydrogens is 249 g/mol. The number of hydrogen-bond acceptors (Lipinski definition) is 3. The van der Waals surface area contributed by atoms with Gasteiger partial charge in [0.15, 0.2) is 0 Å². The third kappa shape index (κ3) is 3.53. The number of rotatable bonds is 5. The van der Waals surface area contributed by atoms with Crippen molar-refractivity contribution < 1.29 is 18.7 Å². The first-order valence-electron chi connectivity index (χ1n) is 6.24. The SMILES string of the molecule is CNC(=O)CCOC(=O)C1CC1c1ccc(F)cc1. The average Bonchev–Trinajstić information content (AvgIpc) is 3.19. The Hall–Kier alpha value is -1.91. The van der Waals surface area contributed by atoms with E-state index >= 15 is 0 Å². The van der Waals surface area contributed by atoms with Gasteiger partial charge in [0.05, 0.1) is 12.3 Å². The number of hydrogen-bond donors (Lipinski definition) is 1. The molecule has 4 nitrogen and oxygen atoms in total. The Morgan fingerprint density at radius 1 is 1.37 bits per heavy atom. The molecule has 0 radical (unpaired) electrons. The lowest BCUT2D eigenvalue weighted by molar-refractivity contribution is -0.145. The van der Waals surface area contributed by atoms with Crippen molar-refractivity contribution in [1.29, 1.82) is 0 Å². The van der Waals surface area contributed by atoms with Gasteiger partial charge in [-0.2, -0.15) is 0 Å². The van der Waals surface area contributed by atoms with E-state index in [1.54, 1.807) is 12.1 Å². The monoisotopic (exact) mass is 265 g/mol. The fraction of sp³-hybridized carbons (Fsp3) is 0.429. The second-order valence-corrected chi connectivity index (χ2v) is 4.59. The maximum absolute atomic E-state index is 12.8. The van der Waals surface area contributed by atoms with Gasteiger partial charge in [-0.15, -0.1) is 0 Å². The van der Waals surface area contributed by atoms with Crippen LogP contribution in [-0.2, 0) is 14.3 Å². The molecule has 1 aliphatic carbocycles. The van der Waals surface area contributed by atoms with Gasteiger partial charge in [-0.25, -0.2) is 4.39 Å². The number of ether oxygens (including phenoxy) is 1. The lowest BCUT2D eigenvalue weighted by Crippen LogP contribution is -2.20. The quantitative estimate of drug-likeness (QED) is 0.823. The molecule has 1 aliphatic rings. The minimum atomic E-state index is -0.283. The summed E-state index contributed by atoms with van der Waals surface area (Å²) in [4.78, 5) is 22.7. The summed E-state index contributed by atoms with van der Waals surface area (Å²) in [5.41, 5.74) is 0.953. The van der Waals surface area contributed by atoms with Crippen molar-refractivity contribution in [3.63, 3.8) is 0 Å². The molecule has 19 heavy (non-hydrogen) atoms. The Morgan fingerprint density at radius 2 is 2.05 bits per heavy atom. The first kappa shape index (κ1) is 13.5. The predicted molar refractivity (Wildman–Crippen MR) is 66.9 cm³/mol. The number of esters is 1. The maximum atomic E-state index is 12.8. The second-order valence-electron chi connectivity index (χ2n) is 4.59. The largest absolute Gasteiger partial charge is 0.465 e. The van der Waals surface area contributed by atoms with Gasteiger partial charge in [0.25, 0.3) is 0 Å². The Morgan fingerprint density at radius 3 is 2.68 bits per heavy atom. The minimum Gasteiger partial charge on any atom is -0.465 e. The summed E-state index contributed by atoms with van der Waals surface area (Å²) < 4.78 is 17.8. The summed E-state index contributed by atoms with van der Waals surface area (Å²) in [7, 11) is 1.54. The molecule has 1 saturated carbocycles. The minimum absolute atomic E-state index is 0.102. The van der Waals surface area contributed by atoms with Crippen LogP contribution in [0.15, 0.2) is 24.3 Å². The number of carbonyl (C=O) groups excluding carboxylic acids is 2. The molecule has 2 unspecified atom stereocenters. The van der Waals surface area contributed by atoms with Crippen LogP contribution in [0, 0.1) is 11.7 Å². The van der Waals surface area contributed by atoms with Crippen molar-refractivity contribution >= 4 is 11.9 Å². The van der Waals surface area contributed by atoms with Gasteiger partial charge in [0, 0.05) is 7.05 Å². The summed E-state index contributed by atoms with van der Waals surface area (Å²) in [5.74, 6) is -0.755. The molecule has 0 spiro atoms. The number of amides is 1. The van der Waals surface area contributed by atoms with Gasteiger partial charge in [-0.05, 0) is 30.0 Å². The van der Waals surface area contributed by atoms with Crippen molar-refractivity contribution in [2.75, 3.05) is 13.7 Å². The van der Waals surface area contributed by atoms with Crippen LogP contribution in [-0.4, -0.2) is 25.5 Å². The molecule has 102 valence electrons. The van der Waals surface area contributed by atoms with Crippen LogP contribution in [0.1, 0.15) is 24.3 Å². The highest BCUT2D eigenvalue weighted by atomic mass is 19.1. The zero-order chi connectivity index (χ0) is 13.8. The number of carbonyl (C=O) groups is 2. The Bertz CT molecular complexity index is 472. The molecule has 1 aromatic rings. The number of benzene rings is 1. The summed E-state index contributed by atoms with van der Waals surface area (Å²) in [6, 6.07) is 6.17. The lowest BCUT2D eigenvalue weighted by atomic mass is 10.1. The summed E-state index contributed by atoms with van der Waals surface area (Å²) in [6.07, 6.45) is 0.903. The fourth-order valence-electron chi connectivity index (χ4n) is 2.01. The van der Waals surface area contributed by atoms with Gasteiger partial charge in [-0.1, -0.05) is 12.1 Å². The molecule has 0 saturated heterocycles.